The summed E-state index contributed by atoms with van der Waals surface area (Å²) in [7, 11) is 1.58. The number of methoxy groups -OCH3 is 1. The molecule has 3 aromatic rings. The number of anilines is 1. The normalized spacial score (nSPS) is 10.6. The Balaban J connectivity index is 1.61. The van der Waals surface area contributed by atoms with E-state index in [0.29, 0.717) is 27.4 Å². The molecule has 0 unspecified atom stereocenters. The van der Waals surface area contributed by atoms with Crippen molar-refractivity contribution in [3.05, 3.63) is 52.5 Å². The minimum absolute atomic E-state index is 0.0859. The molecule has 0 aliphatic rings. The van der Waals surface area contributed by atoms with Crippen molar-refractivity contribution in [2.75, 3.05) is 18.2 Å². The molecule has 0 saturated heterocycles. The lowest BCUT2D eigenvalue weighted by Gasteiger charge is -2.06. The number of hydrogen-bond acceptors (Lipinski definition) is 6. The van der Waals surface area contributed by atoms with Crippen LogP contribution in [0.3, 0.4) is 0 Å². The molecular weight excluding hydrogens is 397 g/mol. The first-order chi connectivity index (χ1) is 12.5. The van der Waals surface area contributed by atoms with Gasteiger partial charge in [-0.1, -0.05) is 41.0 Å². The highest BCUT2D eigenvalue weighted by Crippen LogP contribution is 2.27. The van der Waals surface area contributed by atoms with Gasteiger partial charge in [-0.2, -0.15) is 0 Å². The number of carbonyl (C=O) groups is 1. The van der Waals surface area contributed by atoms with Crippen LogP contribution in [0.1, 0.15) is 0 Å². The third-order valence-corrected chi connectivity index (χ3v) is 4.64. The molecule has 134 valence electrons. The van der Waals surface area contributed by atoms with Crippen LogP contribution in [0.15, 0.2) is 52.1 Å². The largest absolute Gasteiger partial charge is 0.497 e. The lowest BCUT2D eigenvalue weighted by molar-refractivity contribution is -0.113. The average molecular weight is 410 g/mol. The van der Waals surface area contributed by atoms with Crippen LogP contribution in [0.2, 0.25) is 10.0 Å². The molecule has 0 radical (unpaired) electrons. The second-order valence-electron chi connectivity index (χ2n) is 5.07. The van der Waals surface area contributed by atoms with Gasteiger partial charge in [-0.05, 0) is 36.4 Å². The quantitative estimate of drug-likeness (QED) is 0.590. The standard InChI is InChI=1S/C17H13Cl2N3O3S/c1-24-12-4-2-3-10(7-12)16-21-22-17(25-16)26-9-15(23)20-14-8-11(18)5-6-13(14)19/h2-8H,9H2,1H3,(H,20,23). The number of rotatable bonds is 6. The van der Waals surface area contributed by atoms with Gasteiger partial charge in [0, 0.05) is 10.6 Å². The molecule has 0 aliphatic heterocycles. The van der Waals surface area contributed by atoms with Crippen LogP contribution in [0, 0.1) is 0 Å². The molecular formula is C17H13Cl2N3O3S. The minimum Gasteiger partial charge on any atom is -0.497 e. The van der Waals surface area contributed by atoms with Crippen molar-refractivity contribution in [2.24, 2.45) is 0 Å². The minimum atomic E-state index is -0.264. The van der Waals surface area contributed by atoms with Gasteiger partial charge in [0.1, 0.15) is 5.75 Å². The first kappa shape index (κ1) is 18.6. The predicted octanol–water partition coefficient (Wildman–Crippen LogP) is 4.78. The Bertz CT molecular complexity index is 933. The van der Waals surface area contributed by atoms with Gasteiger partial charge in [-0.25, -0.2) is 0 Å². The van der Waals surface area contributed by atoms with Crippen LogP contribution in [0.25, 0.3) is 11.5 Å². The van der Waals surface area contributed by atoms with Crippen LogP contribution in [-0.2, 0) is 4.79 Å². The summed E-state index contributed by atoms with van der Waals surface area (Å²) in [6.45, 7) is 0. The fourth-order valence-corrected chi connectivity index (χ4v) is 2.95. The Morgan fingerprint density at radius 1 is 1.23 bits per heavy atom. The van der Waals surface area contributed by atoms with Crippen molar-refractivity contribution >= 4 is 46.6 Å². The van der Waals surface area contributed by atoms with Gasteiger partial charge in [-0.15, -0.1) is 10.2 Å². The van der Waals surface area contributed by atoms with Crippen molar-refractivity contribution in [3.63, 3.8) is 0 Å². The molecule has 1 amide bonds. The lowest BCUT2D eigenvalue weighted by atomic mass is 10.2. The molecule has 0 saturated carbocycles. The van der Waals surface area contributed by atoms with E-state index < -0.39 is 0 Å². The van der Waals surface area contributed by atoms with Gasteiger partial charge in [0.25, 0.3) is 5.22 Å². The smallest absolute Gasteiger partial charge is 0.277 e. The van der Waals surface area contributed by atoms with Gasteiger partial charge in [-0.3, -0.25) is 4.79 Å². The van der Waals surface area contributed by atoms with E-state index in [-0.39, 0.29) is 16.9 Å². The second kappa shape index (κ2) is 8.44. The summed E-state index contributed by atoms with van der Waals surface area (Å²) >= 11 is 13.0. The Labute approximate surface area is 163 Å². The molecule has 0 atom stereocenters. The average Bonchev–Trinajstić information content (AvgIpc) is 3.12. The number of nitrogens with zero attached hydrogens (tertiary/aromatic N) is 2. The van der Waals surface area contributed by atoms with E-state index in [1.54, 1.807) is 31.4 Å². The Hall–Kier alpha value is -2.22. The van der Waals surface area contributed by atoms with Crippen LogP contribution >= 0.6 is 35.0 Å². The highest BCUT2D eigenvalue weighted by atomic mass is 35.5. The molecule has 1 aromatic heterocycles. The van der Waals surface area contributed by atoms with E-state index in [0.717, 1.165) is 17.3 Å². The molecule has 26 heavy (non-hydrogen) atoms. The Morgan fingerprint density at radius 2 is 2.08 bits per heavy atom. The molecule has 0 spiro atoms. The van der Waals surface area contributed by atoms with Crippen molar-refractivity contribution < 1.29 is 13.9 Å². The van der Waals surface area contributed by atoms with Crippen LogP contribution in [0.4, 0.5) is 5.69 Å². The van der Waals surface area contributed by atoms with E-state index in [9.17, 15) is 4.79 Å². The molecule has 3 rings (SSSR count). The summed E-state index contributed by atoms with van der Waals surface area (Å²) in [4.78, 5) is 12.1. The molecule has 9 heteroatoms. The van der Waals surface area contributed by atoms with E-state index in [1.807, 2.05) is 18.2 Å². The molecule has 6 nitrogen and oxygen atoms in total. The van der Waals surface area contributed by atoms with E-state index >= 15 is 0 Å². The maximum absolute atomic E-state index is 12.1. The summed E-state index contributed by atoms with van der Waals surface area (Å²) in [5.41, 5.74) is 1.19. The zero-order valence-electron chi connectivity index (χ0n) is 13.5. The fraction of sp³-hybridized carbons (Fsp3) is 0.118. The first-order valence-electron chi connectivity index (χ1n) is 7.41. The monoisotopic (exact) mass is 409 g/mol. The number of carbonyl (C=O) groups excluding carboxylic acids is 1. The Morgan fingerprint density at radius 3 is 2.88 bits per heavy atom. The zero-order valence-corrected chi connectivity index (χ0v) is 15.9. The highest BCUT2D eigenvalue weighted by Gasteiger charge is 2.13. The predicted molar refractivity (Wildman–Crippen MR) is 102 cm³/mol. The number of amides is 1. The van der Waals surface area contributed by atoms with E-state index in [2.05, 4.69) is 15.5 Å². The summed E-state index contributed by atoms with van der Waals surface area (Å²) < 4.78 is 10.7. The second-order valence-corrected chi connectivity index (χ2v) is 6.84. The first-order valence-corrected chi connectivity index (χ1v) is 9.15. The summed E-state index contributed by atoms with van der Waals surface area (Å²) in [6.07, 6.45) is 0. The molecule has 0 bridgehead atoms. The topological polar surface area (TPSA) is 77.2 Å². The Kier molecular flexibility index (Phi) is 6.03. The van der Waals surface area contributed by atoms with Crippen molar-refractivity contribution in [1.29, 1.82) is 0 Å². The molecule has 0 fully saturated rings. The third kappa shape index (κ3) is 4.69. The van der Waals surface area contributed by atoms with Crippen LogP contribution in [0.5, 0.6) is 5.75 Å². The lowest BCUT2D eigenvalue weighted by Crippen LogP contribution is -2.14. The van der Waals surface area contributed by atoms with Gasteiger partial charge < -0.3 is 14.5 Å². The summed E-state index contributed by atoms with van der Waals surface area (Å²) in [5.74, 6) is 0.862. The molecule has 2 aromatic carbocycles. The number of halogens is 2. The number of thioether (sulfide) groups is 1. The van der Waals surface area contributed by atoms with E-state index in [4.69, 9.17) is 32.4 Å². The number of hydrogen-bond donors (Lipinski definition) is 1. The number of nitrogens with one attached hydrogen (secondary N) is 1. The van der Waals surface area contributed by atoms with Crippen molar-refractivity contribution in [2.45, 2.75) is 5.22 Å². The molecule has 1 heterocycles. The SMILES string of the molecule is COc1cccc(-c2nnc(SCC(=O)Nc3cc(Cl)ccc3Cl)o2)c1. The van der Waals surface area contributed by atoms with Crippen LogP contribution in [-0.4, -0.2) is 29.0 Å². The van der Waals surface area contributed by atoms with Crippen molar-refractivity contribution in [1.82, 2.24) is 10.2 Å². The van der Waals surface area contributed by atoms with Gasteiger partial charge >= 0.3 is 0 Å². The maximum atomic E-state index is 12.1. The molecule has 0 aliphatic carbocycles. The maximum Gasteiger partial charge on any atom is 0.277 e. The van der Waals surface area contributed by atoms with Crippen LogP contribution < -0.4 is 10.1 Å². The summed E-state index contributed by atoms with van der Waals surface area (Å²) in [5, 5.41) is 11.8. The van der Waals surface area contributed by atoms with Gasteiger partial charge in [0.2, 0.25) is 11.8 Å². The highest BCUT2D eigenvalue weighted by molar-refractivity contribution is 7.99. The summed E-state index contributed by atoms with van der Waals surface area (Å²) in [6, 6.07) is 12.1. The fourth-order valence-electron chi connectivity index (χ4n) is 2.05. The van der Waals surface area contributed by atoms with Gasteiger partial charge in [0.05, 0.1) is 23.6 Å². The number of aromatic nitrogens is 2. The third-order valence-electron chi connectivity index (χ3n) is 3.25. The zero-order chi connectivity index (χ0) is 18.5. The number of benzene rings is 2. The van der Waals surface area contributed by atoms with E-state index in [1.165, 1.54) is 0 Å². The molecule has 1 N–H and O–H groups in total. The van der Waals surface area contributed by atoms with Crippen molar-refractivity contribution in [3.8, 4) is 17.2 Å². The van der Waals surface area contributed by atoms with Gasteiger partial charge in [0.15, 0.2) is 0 Å². The number of ether oxygens (including phenoxy) is 1.